The first-order valence-corrected chi connectivity index (χ1v) is 6.40. The van der Waals surface area contributed by atoms with E-state index in [-0.39, 0.29) is 5.69 Å². The molecular formula is C13H14N6O2. The summed E-state index contributed by atoms with van der Waals surface area (Å²) in [5.41, 5.74) is 0.686. The van der Waals surface area contributed by atoms with Crippen LogP contribution in [0.25, 0.3) is 0 Å². The van der Waals surface area contributed by atoms with Crippen molar-refractivity contribution in [3.63, 3.8) is 0 Å². The number of rotatable bonds is 5. The van der Waals surface area contributed by atoms with E-state index in [1.54, 1.807) is 7.11 Å². The molecule has 21 heavy (non-hydrogen) atoms. The van der Waals surface area contributed by atoms with Crippen molar-refractivity contribution in [3.05, 3.63) is 57.8 Å². The van der Waals surface area contributed by atoms with Gasteiger partial charge in [0.25, 0.3) is 0 Å². The highest BCUT2D eigenvalue weighted by molar-refractivity contribution is 5.35. The van der Waals surface area contributed by atoms with E-state index in [0.717, 1.165) is 17.1 Å². The van der Waals surface area contributed by atoms with Crippen LogP contribution < -0.4 is 10.4 Å². The van der Waals surface area contributed by atoms with Crippen LogP contribution in [0.15, 0.2) is 29.1 Å². The Hall–Kier alpha value is -2.90. The largest absolute Gasteiger partial charge is 0.496 e. The van der Waals surface area contributed by atoms with Crippen molar-refractivity contribution < 1.29 is 4.74 Å². The first-order valence-electron chi connectivity index (χ1n) is 6.40. The van der Waals surface area contributed by atoms with E-state index in [4.69, 9.17) is 4.74 Å². The first kappa shape index (κ1) is 13.1. The van der Waals surface area contributed by atoms with Crippen LogP contribution in [0.3, 0.4) is 0 Å². The maximum absolute atomic E-state index is 11.0. The maximum Gasteiger partial charge on any atom is 0.340 e. The molecule has 0 saturated heterocycles. The van der Waals surface area contributed by atoms with Gasteiger partial charge in [0.15, 0.2) is 5.82 Å². The quantitative estimate of drug-likeness (QED) is 0.628. The van der Waals surface area contributed by atoms with Gasteiger partial charge < -0.3 is 4.74 Å². The number of aromatic amines is 3. The highest BCUT2D eigenvalue weighted by Crippen LogP contribution is 2.19. The number of hydrogen-bond donors (Lipinski definition) is 3. The molecule has 3 aromatic rings. The van der Waals surface area contributed by atoms with Gasteiger partial charge in [-0.3, -0.25) is 10.1 Å². The molecule has 3 rings (SSSR count). The lowest BCUT2D eigenvalue weighted by atomic mass is 10.1. The van der Waals surface area contributed by atoms with Gasteiger partial charge in [-0.2, -0.15) is 10.2 Å². The monoisotopic (exact) mass is 286 g/mol. The molecule has 0 radical (unpaired) electrons. The number of H-pyrrole nitrogens is 3. The molecule has 0 atom stereocenters. The summed E-state index contributed by atoms with van der Waals surface area (Å²) in [6, 6.07) is 7.75. The maximum atomic E-state index is 11.0. The summed E-state index contributed by atoms with van der Waals surface area (Å²) in [6.45, 7) is 0. The topological polar surface area (TPSA) is 112 Å². The predicted molar refractivity (Wildman–Crippen MR) is 74.2 cm³/mol. The number of aromatic nitrogens is 6. The van der Waals surface area contributed by atoms with Crippen LogP contribution in [-0.4, -0.2) is 37.5 Å². The minimum atomic E-state index is -0.338. The molecule has 0 spiro atoms. The zero-order valence-electron chi connectivity index (χ0n) is 11.4. The Balaban J connectivity index is 1.74. The highest BCUT2D eigenvalue weighted by atomic mass is 16.5. The van der Waals surface area contributed by atoms with Crippen LogP contribution in [0.4, 0.5) is 0 Å². The van der Waals surface area contributed by atoms with Crippen molar-refractivity contribution in [2.75, 3.05) is 7.11 Å². The number of methoxy groups -OCH3 is 1. The van der Waals surface area contributed by atoms with Gasteiger partial charge in [-0.1, -0.05) is 18.2 Å². The van der Waals surface area contributed by atoms with Gasteiger partial charge in [0, 0.05) is 12.0 Å². The molecule has 0 saturated carbocycles. The molecule has 0 unspecified atom stereocenters. The Kier molecular flexibility index (Phi) is 3.50. The van der Waals surface area contributed by atoms with Gasteiger partial charge in [0.05, 0.1) is 13.5 Å². The summed E-state index contributed by atoms with van der Waals surface area (Å²) in [6.07, 6.45) is 0.954. The summed E-state index contributed by atoms with van der Waals surface area (Å²) in [5.74, 6) is 2.62. The SMILES string of the molecule is COc1ccccc1Cc1nc(Cc2n[nH]c(=O)[nH]2)n[nH]1. The standard InChI is InChI=1S/C13H14N6O2/c1-21-9-5-3-2-4-8(9)6-10-14-11(17-16-10)7-12-15-13(20)19-18-12/h2-5H,6-7H2,1H3,(H,14,16,17)(H2,15,18,19,20). The van der Waals surface area contributed by atoms with Crippen LogP contribution in [0.2, 0.25) is 0 Å². The van der Waals surface area contributed by atoms with Crippen molar-refractivity contribution in [1.82, 2.24) is 30.4 Å². The fourth-order valence-electron chi connectivity index (χ4n) is 2.06. The molecule has 2 aromatic heterocycles. The molecule has 0 aliphatic carbocycles. The first-order chi connectivity index (χ1) is 10.2. The summed E-state index contributed by atoms with van der Waals surface area (Å²) >= 11 is 0. The average molecular weight is 286 g/mol. The Morgan fingerprint density at radius 3 is 2.71 bits per heavy atom. The molecule has 8 heteroatoms. The Morgan fingerprint density at radius 1 is 1.10 bits per heavy atom. The van der Waals surface area contributed by atoms with Gasteiger partial charge in [0.1, 0.15) is 17.4 Å². The van der Waals surface area contributed by atoms with Crippen LogP contribution in [-0.2, 0) is 12.8 Å². The molecule has 2 heterocycles. The minimum Gasteiger partial charge on any atom is -0.496 e. The van der Waals surface area contributed by atoms with E-state index < -0.39 is 0 Å². The summed E-state index contributed by atoms with van der Waals surface area (Å²) in [5, 5.41) is 13.1. The van der Waals surface area contributed by atoms with Crippen LogP contribution >= 0.6 is 0 Å². The van der Waals surface area contributed by atoms with Gasteiger partial charge >= 0.3 is 5.69 Å². The molecule has 0 amide bonds. The van der Waals surface area contributed by atoms with Crippen LogP contribution in [0.1, 0.15) is 23.0 Å². The van der Waals surface area contributed by atoms with E-state index in [1.165, 1.54) is 0 Å². The van der Waals surface area contributed by atoms with Gasteiger partial charge in [-0.15, -0.1) is 0 Å². The number of nitrogens with zero attached hydrogens (tertiary/aromatic N) is 3. The van der Waals surface area contributed by atoms with Crippen molar-refractivity contribution in [2.45, 2.75) is 12.8 Å². The number of ether oxygens (including phenoxy) is 1. The molecular weight excluding hydrogens is 272 g/mol. The molecule has 3 N–H and O–H groups in total. The second-order valence-electron chi connectivity index (χ2n) is 4.49. The molecule has 0 bridgehead atoms. The molecule has 8 nitrogen and oxygen atoms in total. The van der Waals surface area contributed by atoms with Crippen molar-refractivity contribution in [3.8, 4) is 5.75 Å². The number of nitrogens with one attached hydrogen (secondary N) is 3. The minimum absolute atomic E-state index is 0.338. The Bertz CT molecular complexity index is 788. The van der Waals surface area contributed by atoms with E-state index in [9.17, 15) is 4.79 Å². The molecule has 108 valence electrons. The number of hydrogen-bond acceptors (Lipinski definition) is 5. The van der Waals surface area contributed by atoms with Gasteiger partial charge in [-0.05, 0) is 6.07 Å². The number of para-hydroxylation sites is 1. The second kappa shape index (κ2) is 5.61. The van der Waals surface area contributed by atoms with E-state index in [0.29, 0.717) is 24.5 Å². The van der Waals surface area contributed by atoms with Crippen LogP contribution in [0, 0.1) is 0 Å². The lowest BCUT2D eigenvalue weighted by molar-refractivity contribution is 0.410. The molecule has 0 aliphatic heterocycles. The summed E-state index contributed by atoms with van der Waals surface area (Å²) < 4.78 is 5.31. The van der Waals surface area contributed by atoms with Gasteiger partial charge in [0.2, 0.25) is 0 Å². The smallest absolute Gasteiger partial charge is 0.340 e. The fourth-order valence-corrected chi connectivity index (χ4v) is 2.06. The predicted octanol–water partition coefficient (Wildman–Crippen LogP) is 0.406. The lowest BCUT2D eigenvalue weighted by Gasteiger charge is -2.05. The molecule has 1 aromatic carbocycles. The van der Waals surface area contributed by atoms with E-state index in [2.05, 4.69) is 30.4 Å². The van der Waals surface area contributed by atoms with Crippen LogP contribution in [0.5, 0.6) is 5.75 Å². The third kappa shape index (κ3) is 2.99. The highest BCUT2D eigenvalue weighted by Gasteiger charge is 2.09. The van der Waals surface area contributed by atoms with Crippen molar-refractivity contribution in [2.24, 2.45) is 0 Å². The molecule has 0 fully saturated rings. The Morgan fingerprint density at radius 2 is 1.95 bits per heavy atom. The van der Waals surface area contributed by atoms with Gasteiger partial charge in [-0.25, -0.2) is 14.9 Å². The molecule has 0 aliphatic rings. The van der Waals surface area contributed by atoms with Crippen molar-refractivity contribution >= 4 is 0 Å². The number of benzene rings is 1. The summed E-state index contributed by atoms with van der Waals surface area (Å²) in [7, 11) is 1.64. The summed E-state index contributed by atoms with van der Waals surface area (Å²) in [4.78, 5) is 17.9. The lowest BCUT2D eigenvalue weighted by Crippen LogP contribution is -2.01. The zero-order chi connectivity index (χ0) is 14.7. The third-order valence-electron chi connectivity index (χ3n) is 3.00. The zero-order valence-corrected chi connectivity index (χ0v) is 11.4. The third-order valence-corrected chi connectivity index (χ3v) is 3.00. The second-order valence-corrected chi connectivity index (χ2v) is 4.49. The average Bonchev–Trinajstić information content (AvgIpc) is 3.09. The Labute approximate surface area is 119 Å². The van der Waals surface area contributed by atoms with Crippen molar-refractivity contribution in [1.29, 1.82) is 0 Å². The normalized spacial score (nSPS) is 10.7. The van der Waals surface area contributed by atoms with E-state index >= 15 is 0 Å². The van der Waals surface area contributed by atoms with E-state index in [1.807, 2.05) is 24.3 Å². The fraction of sp³-hybridized carbons (Fsp3) is 0.231.